The summed E-state index contributed by atoms with van der Waals surface area (Å²) < 4.78 is 14.5. The van der Waals surface area contributed by atoms with E-state index in [0.29, 0.717) is 87.2 Å². The molecular formula is C58H65Cl2IN4O14. The molecule has 2 fully saturated rings. The van der Waals surface area contributed by atoms with Crippen LogP contribution in [0.5, 0.6) is 0 Å². The van der Waals surface area contributed by atoms with E-state index in [1.807, 2.05) is 121 Å². The van der Waals surface area contributed by atoms with Gasteiger partial charge in [-0.05, 0) is 22.3 Å². The van der Waals surface area contributed by atoms with Crippen molar-refractivity contribution in [3.63, 3.8) is 0 Å². The molecule has 0 aliphatic carbocycles. The molecular weight excluding hydrogens is 1170 g/mol. The molecule has 0 saturated carbocycles. The Kier molecular flexibility index (Phi) is 28.9. The van der Waals surface area contributed by atoms with E-state index in [1.54, 1.807) is 43.9 Å². The van der Waals surface area contributed by atoms with Crippen LogP contribution in [0.15, 0.2) is 146 Å². The second kappa shape index (κ2) is 35.5. The molecule has 3 heterocycles. The van der Waals surface area contributed by atoms with Gasteiger partial charge in [-0.25, -0.2) is 0 Å². The summed E-state index contributed by atoms with van der Waals surface area (Å²) >= 11 is 6.96. The molecule has 1 N–H and O–H groups in total. The van der Waals surface area contributed by atoms with Crippen LogP contribution in [0.3, 0.4) is 0 Å². The fraction of sp³-hybridized carbons (Fsp3) is 0.328. The van der Waals surface area contributed by atoms with Crippen LogP contribution >= 0.6 is 43.9 Å². The summed E-state index contributed by atoms with van der Waals surface area (Å²) in [7, 11) is 0. The Bertz CT molecular complexity index is 2610. The maximum atomic E-state index is 12.7. The number of aliphatic hydroxyl groups excluding tert-OH is 1. The van der Waals surface area contributed by atoms with Gasteiger partial charge in [0.15, 0.2) is 0 Å². The van der Waals surface area contributed by atoms with Gasteiger partial charge in [0.05, 0.1) is 31.0 Å². The first-order valence-electron chi connectivity index (χ1n) is 25.0. The molecule has 18 nitrogen and oxygen atoms in total. The van der Waals surface area contributed by atoms with Crippen molar-refractivity contribution in [3.05, 3.63) is 177 Å². The van der Waals surface area contributed by atoms with Crippen LogP contribution in [-0.2, 0) is 79.9 Å². The molecule has 3 aliphatic heterocycles. The van der Waals surface area contributed by atoms with Crippen molar-refractivity contribution in [1.82, 2.24) is 19.6 Å². The van der Waals surface area contributed by atoms with E-state index >= 15 is 0 Å². The molecule has 79 heavy (non-hydrogen) atoms. The van der Waals surface area contributed by atoms with Crippen LogP contribution < -0.4 is 0 Å². The number of alkyl halides is 2. The Morgan fingerprint density at radius 3 is 1.18 bits per heavy atom. The van der Waals surface area contributed by atoms with E-state index in [2.05, 4.69) is 9.62 Å². The van der Waals surface area contributed by atoms with Crippen LogP contribution in [0, 0.1) is 15.4 Å². The molecule has 0 atom stereocenters. The first-order valence-corrected chi connectivity index (χ1v) is 29.0. The minimum Gasteiger partial charge on any atom is -0.396 e. The third-order valence-corrected chi connectivity index (χ3v) is 14.9. The van der Waals surface area contributed by atoms with Gasteiger partial charge >= 0.3 is 106 Å². The number of esters is 2. The van der Waals surface area contributed by atoms with Gasteiger partial charge in [-0.2, -0.15) is 0 Å². The largest absolute Gasteiger partial charge is 0.396 e. The zero-order chi connectivity index (χ0) is 57.5. The molecule has 8 rings (SSSR count). The summed E-state index contributed by atoms with van der Waals surface area (Å²) in [6.07, 6.45) is 2.17. The smallest absolute Gasteiger partial charge is 0.227 e. The molecule has 4 amide bonds. The average molecular weight is 1240 g/mol. The Hall–Kier alpha value is -7.04. The Morgan fingerprint density at radius 2 is 0.873 bits per heavy atom. The SMILES string of the molecule is CC(=O)OC(C)=O.CC(=O)OOI1OC(=O)c2ccccc21.ClCCl.O=C(Cc1ccccc1)N1CCN(C(=O)Cc2ccccc2)CC(CO)C1.O=CC1CN(C(=O)Cc2ccccc2)CCN(C(=O)Cc2ccccc2)C1. The number of nitrogens with zero attached hydrogens (tertiary/aromatic N) is 4. The molecule has 0 unspecified atom stereocenters. The van der Waals surface area contributed by atoms with Crippen molar-refractivity contribution < 1.29 is 64.2 Å². The summed E-state index contributed by atoms with van der Waals surface area (Å²) in [4.78, 5) is 115. The molecule has 422 valence electrons. The summed E-state index contributed by atoms with van der Waals surface area (Å²) in [5.41, 5.74) is 4.35. The monoisotopic (exact) mass is 1240 g/mol. The maximum Gasteiger partial charge on any atom is 0.227 e. The predicted molar refractivity (Wildman–Crippen MR) is 303 cm³/mol. The number of ether oxygens (including phenoxy) is 1. The second-order valence-corrected chi connectivity index (χ2v) is 21.8. The van der Waals surface area contributed by atoms with Gasteiger partial charge < -0.3 is 34.2 Å². The fourth-order valence-electron chi connectivity index (χ4n) is 8.02. The number of hydrogen-bond acceptors (Lipinski definition) is 14. The number of aldehydes is 1. The van der Waals surface area contributed by atoms with E-state index in [0.717, 1.165) is 28.5 Å². The minimum atomic E-state index is -2.57. The quantitative estimate of drug-likeness (QED) is 0.0251. The van der Waals surface area contributed by atoms with Gasteiger partial charge in [-0.3, -0.25) is 28.8 Å². The summed E-state index contributed by atoms with van der Waals surface area (Å²) in [6, 6.07) is 45.4. The molecule has 2 saturated heterocycles. The van der Waals surface area contributed by atoms with Gasteiger partial charge in [0.25, 0.3) is 0 Å². The summed E-state index contributed by atoms with van der Waals surface area (Å²) in [6.45, 7) is 7.16. The summed E-state index contributed by atoms with van der Waals surface area (Å²) in [5.74, 6) is -2.51. The van der Waals surface area contributed by atoms with Gasteiger partial charge in [-0.15, -0.1) is 23.2 Å². The number of aliphatic hydroxyl groups is 1. The molecule has 5 aromatic rings. The average Bonchev–Trinajstić information content (AvgIpc) is 3.59. The number of carbonyl (C=O) groups is 9. The first kappa shape index (κ1) is 64.5. The maximum absolute atomic E-state index is 12.7. The molecule has 0 bridgehead atoms. The third kappa shape index (κ3) is 23.8. The van der Waals surface area contributed by atoms with E-state index in [9.17, 15) is 48.3 Å². The van der Waals surface area contributed by atoms with Crippen LogP contribution in [0.1, 0.15) is 53.4 Å². The van der Waals surface area contributed by atoms with Gasteiger partial charge in [0.1, 0.15) is 6.29 Å². The van der Waals surface area contributed by atoms with E-state index in [1.165, 1.54) is 20.8 Å². The normalized spacial score (nSPS) is 14.4. The van der Waals surface area contributed by atoms with E-state index in [4.69, 9.17) is 29.5 Å². The van der Waals surface area contributed by atoms with Crippen LogP contribution in [-0.4, -0.2) is 143 Å². The van der Waals surface area contributed by atoms with Crippen LogP contribution in [0.4, 0.5) is 0 Å². The Labute approximate surface area is 478 Å². The second-order valence-electron chi connectivity index (χ2n) is 17.8. The third-order valence-electron chi connectivity index (χ3n) is 11.7. The standard InChI is InChI=1S/C22H26N2O3.C22H24N2O3.C9H7IO5.C4H6O3.CH2Cl2/c2*25-17-20-15-23(21(26)13-18-7-3-1-4-8-18)11-12-24(16-20)22(27)14-19-9-5-2-6-10-19;1-6(11)14-15-10-8-5-3-2-4-7(8)9(12)13-10;1-3(5)7-4(2)6;2-1-3/h1-10,20,25H,11-17H2;1-10,17,20H,11-16H2;2-5H,1H3;1-2H3;1H2. The van der Waals surface area contributed by atoms with Crippen molar-refractivity contribution in [3.8, 4) is 0 Å². The number of carbonyl (C=O) groups excluding carboxylic acids is 9. The molecule has 5 aromatic carbocycles. The number of hydrogen-bond donors (Lipinski definition) is 1. The van der Waals surface area contributed by atoms with Crippen molar-refractivity contribution in [1.29, 1.82) is 0 Å². The molecule has 0 spiro atoms. The molecule has 3 aliphatic rings. The Balaban J connectivity index is 0.000000242. The predicted octanol–water partition coefficient (Wildman–Crippen LogP) is 7.08. The number of rotatable bonds is 12. The molecule has 21 heteroatoms. The molecule has 0 radical (unpaired) electrons. The number of benzene rings is 5. The van der Waals surface area contributed by atoms with Gasteiger partial charge in [0.2, 0.25) is 23.6 Å². The van der Waals surface area contributed by atoms with Gasteiger partial charge in [-0.1, -0.05) is 121 Å². The number of halogens is 3. The number of amides is 4. The topological polar surface area (TPSA) is 224 Å². The minimum absolute atomic E-state index is 0.00888. The van der Waals surface area contributed by atoms with E-state index in [-0.39, 0.29) is 47.4 Å². The first-order chi connectivity index (χ1) is 38.0. The fourth-order valence-corrected chi connectivity index (χ4v) is 10.9. The number of fused-ring (bicyclic) bond motifs is 1. The Morgan fingerprint density at radius 1 is 0.544 bits per heavy atom. The molecule has 0 aromatic heterocycles. The zero-order valence-electron chi connectivity index (χ0n) is 44.2. The van der Waals surface area contributed by atoms with Crippen molar-refractivity contribution >= 4 is 97.6 Å². The zero-order valence-corrected chi connectivity index (χ0v) is 47.8. The summed E-state index contributed by atoms with van der Waals surface area (Å²) in [5, 5.41) is 9.91. The van der Waals surface area contributed by atoms with Gasteiger partial charge in [0, 0.05) is 84.6 Å². The van der Waals surface area contributed by atoms with Crippen LogP contribution in [0.2, 0.25) is 0 Å². The van der Waals surface area contributed by atoms with E-state index < -0.39 is 44.5 Å². The van der Waals surface area contributed by atoms with Crippen molar-refractivity contribution in [2.24, 2.45) is 11.8 Å². The van der Waals surface area contributed by atoms with Crippen molar-refractivity contribution in [2.75, 3.05) is 64.3 Å². The van der Waals surface area contributed by atoms with Crippen molar-refractivity contribution in [2.45, 2.75) is 46.5 Å². The van der Waals surface area contributed by atoms with Crippen LogP contribution in [0.25, 0.3) is 0 Å².